The van der Waals surface area contributed by atoms with Crippen LogP contribution in [0.15, 0.2) is 42.5 Å². The van der Waals surface area contributed by atoms with Crippen LogP contribution in [0, 0.1) is 0 Å². The fourth-order valence-electron chi connectivity index (χ4n) is 5.02. The van der Waals surface area contributed by atoms with E-state index in [0.717, 1.165) is 33.5 Å². The number of para-hydroxylation sites is 1. The zero-order chi connectivity index (χ0) is 24.2. The number of carbonyl (C=O) groups excluding carboxylic acids is 3. The second kappa shape index (κ2) is 7.90. The topological polar surface area (TPSA) is 94.7 Å². The van der Waals surface area contributed by atoms with Gasteiger partial charge < -0.3 is 19.9 Å². The van der Waals surface area contributed by atoms with Gasteiger partial charge in [-0.3, -0.25) is 9.59 Å². The molecule has 1 aromatic heterocycles. The number of urea groups is 1. The molecule has 0 spiro atoms. The van der Waals surface area contributed by atoms with E-state index in [2.05, 4.69) is 10.3 Å². The Labute approximate surface area is 197 Å². The van der Waals surface area contributed by atoms with Crippen molar-refractivity contribution in [3.05, 3.63) is 59.3 Å². The van der Waals surface area contributed by atoms with Crippen molar-refractivity contribution in [1.82, 2.24) is 15.2 Å². The number of aromatic nitrogens is 1. The van der Waals surface area contributed by atoms with Crippen molar-refractivity contribution in [2.45, 2.75) is 45.2 Å². The van der Waals surface area contributed by atoms with Gasteiger partial charge in [0.1, 0.15) is 5.75 Å². The number of H-pyrrole nitrogens is 1. The van der Waals surface area contributed by atoms with Crippen LogP contribution in [0.3, 0.4) is 0 Å². The number of hydrogen-bond acceptors (Lipinski definition) is 4. The van der Waals surface area contributed by atoms with Crippen molar-refractivity contribution in [2.75, 3.05) is 18.6 Å². The molecule has 176 valence electrons. The van der Waals surface area contributed by atoms with Crippen LogP contribution in [0.1, 0.15) is 48.8 Å². The van der Waals surface area contributed by atoms with Gasteiger partial charge in [-0.1, -0.05) is 19.1 Å². The first-order valence-corrected chi connectivity index (χ1v) is 11.6. The molecule has 0 saturated carbocycles. The summed E-state index contributed by atoms with van der Waals surface area (Å²) in [5, 5.41) is 3.92. The largest absolute Gasteiger partial charge is 0.497 e. The molecule has 3 aromatic rings. The summed E-state index contributed by atoms with van der Waals surface area (Å²) in [6, 6.07) is 12.1. The molecule has 1 fully saturated rings. The first kappa shape index (κ1) is 22.0. The minimum Gasteiger partial charge on any atom is -0.497 e. The highest BCUT2D eigenvalue weighted by molar-refractivity contribution is 6.25. The van der Waals surface area contributed by atoms with E-state index in [1.165, 1.54) is 0 Å². The Morgan fingerprint density at radius 2 is 2.00 bits per heavy atom. The molecule has 2 aliphatic heterocycles. The summed E-state index contributed by atoms with van der Waals surface area (Å²) in [5.74, 6) is 0.0540. The van der Waals surface area contributed by atoms with Crippen molar-refractivity contribution in [2.24, 2.45) is 0 Å². The lowest BCUT2D eigenvalue weighted by atomic mass is 9.87. The summed E-state index contributed by atoms with van der Waals surface area (Å²) < 4.78 is 5.39. The number of amides is 4. The van der Waals surface area contributed by atoms with Gasteiger partial charge in [0.2, 0.25) is 0 Å². The molecular weight excluding hydrogens is 432 g/mol. The van der Waals surface area contributed by atoms with E-state index in [1.54, 1.807) is 43.2 Å². The number of aromatic amines is 1. The molecule has 8 heteroatoms. The van der Waals surface area contributed by atoms with Gasteiger partial charge in [-0.25, -0.2) is 9.69 Å². The summed E-state index contributed by atoms with van der Waals surface area (Å²) in [4.78, 5) is 46.7. The molecular formula is C26H28N4O4. The lowest BCUT2D eigenvalue weighted by Crippen LogP contribution is -2.49. The summed E-state index contributed by atoms with van der Waals surface area (Å²) >= 11 is 0. The average molecular weight is 461 g/mol. The van der Waals surface area contributed by atoms with E-state index in [9.17, 15) is 14.4 Å². The van der Waals surface area contributed by atoms with Gasteiger partial charge in [-0.15, -0.1) is 0 Å². The van der Waals surface area contributed by atoms with E-state index in [1.807, 2.05) is 32.0 Å². The Morgan fingerprint density at radius 1 is 1.24 bits per heavy atom. The van der Waals surface area contributed by atoms with E-state index >= 15 is 0 Å². The fraction of sp³-hybridized carbons (Fsp3) is 0.346. The summed E-state index contributed by atoms with van der Waals surface area (Å²) in [5.41, 5.74) is 2.02. The third-order valence-corrected chi connectivity index (χ3v) is 7.15. The molecule has 34 heavy (non-hydrogen) atoms. The normalized spacial score (nSPS) is 20.4. The van der Waals surface area contributed by atoms with Crippen molar-refractivity contribution in [3.63, 3.8) is 0 Å². The molecule has 2 N–H and O–H groups in total. The Hall–Kier alpha value is -3.81. The van der Waals surface area contributed by atoms with Crippen LogP contribution in [0.4, 0.5) is 10.5 Å². The monoisotopic (exact) mass is 460 g/mol. The van der Waals surface area contributed by atoms with Crippen LogP contribution in [-0.4, -0.2) is 47.4 Å². The number of methoxy groups -OCH3 is 1. The lowest BCUT2D eigenvalue weighted by molar-refractivity contribution is -0.125. The highest BCUT2D eigenvalue weighted by Gasteiger charge is 2.59. The zero-order valence-corrected chi connectivity index (χ0v) is 19.8. The van der Waals surface area contributed by atoms with Crippen LogP contribution in [0.5, 0.6) is 5.75 Å². The molecule has 2 atom stereocenters. The predicted octanol–water partition coefficient (Wildman–Crippen LogP) is 3.94. The molecule has 5 rings (SSSR count). The number of ether oxygens (including phenoxy) is 1. The van der Waals surface area contributed by atoms with E-state index in [0.29, 0.717) is 29.9 Å². The van der Waals surface area contributed by atoms with Crippen molar-refractivity contribution >= 4 is 34.4 Å². The number of benzene rings is 2. The maximum Gasteiger partial charge on any atom is 0.332 e. The average Bonchev–Trinajstić information content (AvgIpc) is 3.31. The van der Waals surface area contributed by atoms with Gasteiger partial charge in [0.05, 0.1) is 24.1 Å². The quantitative estimate of drug-likeness (QED) is 0.564. The Morgan fingerprint density at radius 3 is 2.74 bits per heavy atom. The van der Waals surface area contributed by atoms with Gasteiger partial charge in [0.15, 0.2) is 5.54 Å². The van der Waals surface area contributed by atoms with E-state index in [4.69, 9.17) is 4.74 Å². The molecule has 1 unspecified atom stereocenters. The van der Waals surface area contributed by atoms with Crippen LogP contribution in [-0.2, 0) is 16.8 Å². The molecule has 4 amide bonds. The molecule has 0 bridgehead atoms. The third-order valence-electron chi connectivity index (χ3n) is 7.15. The SMILES string of the molecule is CCC(C)NC(=O)c1ccccc1N1C(=O)N2CCc3c([nH]c4ccc(OC)cc34)[C@@]2(C)C1=O. The van der Waals surface area contributed by atoms with Crippen LogP contribution >= 0.6 is 0 Å². The van der Waals surface area contributed by atoms with Crippen molar-refractivity contribution in [1.29, 1.82) is 0 Å². The third kappa shape index (κ3) is 3.01. The molecule has 2 aliphatic rings. The van der Waals surface area contributed by atoms with Gasteiger partial charge in [-0.2, -0.15) is 0 Å². The van der Waals surface area contributed by atoms with Crippen molar-refractivity contribution in [3.8, 4) is 5.75 Å². The highest BCUT2D eigenvalue weighted by Crippen LogP contribution is 2.46. The number of rotatable bonds is 5. The number of hydrogen-bond donors (Lipinski definition) is 2. The second-order valence-electron chi connectivity index (χ2n) is 9.09. The number of nitrogens with one attached hydrogen (secondary N) is 2. The maximum absolute atomic E-state index is 14.0. The number of anilines is 1. The second-order valence-corrected chi connectivity index (χ2v) is 9.09. The number of carbonyl (C=O) groups is 3. The number of fused-ring (bicyclic) bond motifs is 5. The van der Waals surface area contributed by atoms with Crippen LogP contribution in [0.2, 0.25) is 0 Å². The minimum absolute atomic E-state index is 0.0275. The first-order chi connectivity index (χ1) is 16.3. The standard InChI is InChI=1S/C26H28N4O4/c1-5-15(2)27-23(31)18-8-6-7-9-21(18)30-24(32)26(3)22-17(12-13-29(26)25(30)33)19-14-16(34-4)10-11-20(19)28-22/h6-11,14-15,28H,5,12-13H2,1-4H3,(H,27,31)/t15?,26-/m0/s1. The highest BCUT2D eigenvalue weighted by atomic mass is 16.5. The van der Waals surface area contributed by atoms with Gasteiger partial charge in [0, 0.05) is 23.5 Å². The summed E-state index contributed by atoms with van der Waals surface area (Å²) in [7, 11) is 1.62. The number of imide groups is 1. The molecule has 8 nitrogen and oxygen atoms in total. The van der Waals surface area contributed by atoms with Crippen LogP contribution in [0.25, 0.3) is 10.9 Å². The molecule has 2 aromatic carbocycles. The smallest absolute Gasteiger partial charge is 0.332 e. The molecule has 0 aliphatic carbocycles. The minimum atomic E-state index is -1.20. The molecule has 0 radical (unpaired) electrons. The van der Waals surface area contributed by atoms with Crippen LogP contribution < -0.4 is 15.0 Å². The zero-order valence-electron chi connectivity index (χ0n) is 19.8. The van der Waals surface area contributed by atoms with Crippen molar-refractivity contribution < 1.29 is 19.1 Å². The predicted molar refractivity (Wildman–Crippen MR) is 129 cm³/mol. The summed E-state index contributed by atoms with van der Waals surface area (Å²) in [6.07, 6.45) is 1.39. The summed E-state index contributed by atoms with van der Waals surface area (Å²) in [6.45, 7) is 6.08. The van der Waals surface area contributed by atoms with E-state index < -0.39 is 11.6 Å². The van der Waals surface area contributed by atoms with Gasteiger partial charge in [-0.05, 0) is 62.6 Å². The Kier molecular flexibility index (Phi) is 5.11. The van der Waals surface area contributed by atoms with Gasteiger partial charge >= 0.3 is 6.03 Å². The maximum atomic E-state index is 14.0. The van der Waals surface area contributed by atoms with Gasteiger partial charge in [0.25, 0.3) is 11.8 Å². The fourth-order valence-corrected chi connectivity index (χ4v) is 5.02. The molecule has 1 saturated heterocycles. The number of nitrogens with zero attached hydrogens (tertiary/aromatic N) is 2. The molecule has 3 heterocycles. The Bertz CT molecular complexity index is 1330. The Balaban J connectivity index is 1.60. The van der Waals surface area contributed by atoms with E-state index in [-0.39, 0.29) is 17.9 Å². The lowest BCUT2D eigenvalue weighted by Gasteiger charge is -2.35. The first-order valence-electron chi connectivity index (χ1n) is 11.6.